The molecule has 0 aliphatic carbocycles. The first-order valence-electron chi connectivity index (χ1n) is 9.51. The van der Waals surface area contributed by atoms with Crippen LogP contribution < -0.4 is 5.32 Å². The maximum Gasteiger partial charge on any atom is 0.256 e. The maximum absolute atomic E-state index is 12.9. The molecule has 1 N–H and O–H groups in total. The average molecular weight is 414 g/mol. The minimum Gasteiger partial charge on any atom is -0.353 e. The van der Waals surface area contributed by atoms with E-state index in [4.69, 9.17) is 23.2 Å². The average Bonchev–Trinajstić information content (AvgIpc) is 3.09. The fourth-order valence-corrected chi connectivity index (χ4v) is 4.01. The smallest absolute Gasteiger partial charge is 0.256 e. The van der Waals surface area contributed by atoms with Gasteiger partial charge in [-0.2, -0.15) is 0 Å². The number of likely N-dealkylation sites (tertiary alicyclic amines) is 1. The number of carbonyl (C=O) groups is 2. The van der Waals surface area contributed by atoms with Crippen LogP contribution in [0.5, 0.6) is 0 Å². The summed E-state index contributed by atoms with van der Waals surface area (Å²) in [6.07, 6.45) is 1.46. The van der Waals surface area contributed by atoms with Gasteiger partial charge in [0.05, 0.1) is 10.6 Å². The number of carbonyl (C=O) groups excluding carboxylic acids is 2. The number of halogens is 2. The molecule has 2 rings (SSSR count). The Morgan fingerprint density at radius 2 is 1.89 bits per heavy atom. The number of nitrogens with zero attached hydrogens (tertiary/aromatic N) is 2. The molecule has 0 radical (unpaired) electrons. The van der Waals surface area contributed by atoms with Crippen LogP contribution in [0.25, 0.3) is 0 Å². The lowest BCUT2D eigenvalue weighted by Gasteiger charge is -2.31. The molecule has 150 valence electrons. The SMILES string of the molecule is CC(C)N(CCNC(=O)C1CCCN1C(=O)c1cc(Cl)ccc1Cl)C(C)C. The van der Waals surface area contributed by atoms with Crippen molar-refractivity contribution in [2.24, 2.45) is 0 Å². The molecule has 1 saturated heterocycles. The van der Waals surface area contributed by atoms with Crippen molar-refractivity contribution in [3.05, 3.63) is 33.8 Å². The second-order valence-corrected chi connectivity index (χ2v) is 8.34. The Hall–Kier alpha value is -1.30. The Balaban J connectivity index is 1.99. The van der Waals surface area contributed by atoms with Crippen LogP contribution in [-0.4, -0.2) is 59.4 Å². The number of benzene rings is 1. The normalized spacial score (nSPS) is 17.2. The van der Waals surface area contributed by atoms with Crippen molar-refractivity contribution in [3.63, 3.8) is 0 Å². The van der Waals surface area contributed by atoms with E-state index in [0.29, 0.717) is 47.2 Å². The van der Waals surface area contributed by atoms with Gasteiger partial charge in [-0.05, 0) is 58.7 Å². The summed E-state index contributed by atoms with van der Waals surface area (Å²) in [6.45, 7) is 10.5. The summed E-state index contributed by atoms with van der Waals surface area (Å²) >= 11 is 12.2. The zero-order chi connectivity index (χ0) is 20.1. The fourth-order valence-electron chi connectivity index (χ4n) is 3.64. The van der Waals surface area contributed by atoms with Gasteiger partial charge in [-0.15, -0.1) is 0 Å². The first-order valence-corrected chi connectivity index (χ1v) is 10.3. The number of hydrogen-bond acceptors (Lipinski definition) is 3. The van der Waals surface area contributed by atoms with Crippen molar-refractivity contribution in [3.8, 4) is 0 Å². The number of rotatable bonds is 7. The lowest BCUT2D eigenvalue weighted by Crippen LogP contribution is -2.48. The predicted molar refractivity (Wildman–Crippen MR) is 111 cm³/mol. The first kappa shape index (κ1) is 22.0. The molecule has 5 nitrogen and oxygen atoms in total. The summed E-state index contributed by atoms with van der Waals surface area (Å²) < 4.78 is 0. The molecule has 7 heteroatoms. The number of amides is 2. The van der Waals surface area contributed by atoms with Gasteiger partial charge >= 0.3 is 0 Å². The van der Waals surface area contributed by atoms with Crippen LogP contribution in [0.3, 0.4) is 0 Å². The zero-order valence-corrected chi connectivity index (χ0v) is 18.0. The molecule has 1 aromatic rings. The topological polar surface area (TPSA) is 52.7 Å². The first-order chi connectivity index (χ1) is 12.7. The summed E-state index contributed by atoms with van der Waals surface area (Å²) in [6, 6.07) is 5.17. The third-order valence-electron chi connectivity index (χ3n) is 4.97. The molecule has 1 aromatic carbocycles. The molecule has 1 atom stereocenters. The van der Waals surface area contributed by atoms with E-state index in [-0.39, 0.29) is 11.8 Å². The molecule has 0 bridgehead atoms. The molecule has 1 unspecified atom stereocenters. The van der Waals surface area contributed by atoms with Crippen molar-refractivity contribution in [1.29, 1.82) is 0 Å². The Morgan fingerprint density at radius 1 is 1.22 bits per heavy atom. The fraction of sp³-hybridized carbons (Fsp3) is 0.600. The van der Waals surface area contributed by atoms with Gasteiger partial charge in [-0.25, -0.2) is 0 Å². The van der Waals surface area contributed by atoms with Crippen LogP contribution in [0.1, 0.15) is 50.9 Å². The molecule has 27 heavy (non-hydrogen) atoms. The van der Waals surface area contributed by atoms with Crippen molar-refractivity contribution in [2.45, 2.75) is 58.7 Å². The highest BCUT2D eigenvalue weighted by Gasteiger charge is 2.35. The summed E-state index contributed by atoms with van der Waals surface area (Å²) in [5.74, 6) is -0.349. The third-order valence-corrected chi connectivity index (χ3v) is 5.54. The number of hydrogen-bond donors (Lipinski definition) is 1. The molecule has 1 heterocycles. The van der Waals surface area contributed by atoms with Crippen molar-refractivity contribution in [2.75, 3.05) is 19.6 Å². The van der Waals surface area contributed by atoms with Crippen LogP contribution in [0, 0.1) is 0 Å². The maximum atomic E-state index is 12.9. The van der Waals surface area contributed by atoms with Crippen LogP contribution in [0.2, 0.25) is 10.0 Å². The van der Waals surface area contributed by atoms with Gasteiger partial charge in [-0.3, -0.25) is 14.5 Å². The highest BCUT2D eigenvalue weighted by Crippen LogP contribution is 2.26. The molecular formula is C20H29Cl2N3O2. The summed E-state index contributed by atoms with van der Waals surface area (Å²) in [7, 11) is 0. The van der Waals surface area contributed by atoms with E-state index in [1.165, 1.54) is 0 Å². The monoisotopic (exact) mass is 413 g/mol. The van der Waals surface area contributed by atoms with Crippen molar-refractivity contribution >= 4 is 35.0 Å². The second-order valence-electron chi connectivity index (χ2n) is 7.50. The van der Waals surface area contributed by atoms with Gasteiger partial charge in [-0.1, -0.05) is 23.2 Å². The number of nitrogens with one attached hydrogen (secondary N) is 1. The quantitative estimate of drug-likeness (QED) is 0.738. The van der Waals surface area contributed by atoms with Gasteiger partial charge in [0.25, 0.3) is 5.91 Å². The molecule has 1 fully saturated rings. The van der Waals surface area contributed by atoms with Gasteiger partial charge < -0.3 is 10.2 Å². The van der Waals surface area contributed by atoms with Gasteiger partial charge in [0.15, 0.2) is 0 Å². The Bertz CT molecular complexity index is 671. The minimum absolute atomic E-state index is 0.105. The van der Waals surface area contributed by atoms with Gasteiger partial charge in [0.1, 0.15) is 6.04 Å². The molecule has 0 saturated carbocycles. The standard InChI is InChI=1S/C20H29Cl2N3O2/c1-13(2)24(14(3)4)11-9-23-19(26)18-6-5-10-25(18)20(27)16-12-15(21)7-8-17(16)22/h7-8,12-14,18H,5-6,9-11H2,1-4H3,(H,23,26). The molecule has 1 aliphatic rings. The van der Waals surface area contributed by atoms with E-state index >= 15 is 0 Å². The van der Waals surface area contributed by atoms with Gasteiger partial charge in [0, 0.05) is 36.7 Å². The lowest BCUT2D eigenvalue weighted by atomic mass is 10.1. The predicted octanol–water partition coefficient (Wildman–Crippen LogP) is 3.83. The summed E-state index contributed by atoms with van der Waals surface area (Å²) in [5.41, 5.74) is 0.342. The van der Waals surface area contributed by atoms with Crippen LogP contribution >= 0.6 is 23.2 Å². The van der Waals surface area contributed by atoms with E-state index in [9.17, 15) is 9.59 Å². The minimum atomic E-state index is -0.459. The Labute approximate surface area is 172 Å². The summed E-state index contributed by atoms with van der Waals surface area (Å²) in [5, 5.41) is 3.79. The van der Waals surface area contributed by atoms with Crippen molar-refractivity contribution in [1.82, 2.24) is 15.1 Å². The second kappa shape index (κ2) is 9.76. The largest absolute Gasteiger partial charge is 0.353 e. The third kappa shape index (κ3) is 5.59. The van der Waals surface area contributed by atoms with E-state index in [2.05, 4.69) is 37.9 Å². The van der Waals surface area contributed by atoms with Crippen LogP contribution in [-0.2, 0) is 4.79 Å². The Kier molecular flexibility index (Phi) is 7.95. The molecular weight excluding hydrogens is 385 g/mol. The van der Waals surface area contributed by atoms with E-state index in [1.54, 1.807) is 23.1 Å². The van der Waals surface area contributed by atoms with Crippen molar-refractivity contribution < 1.29 is 9.59 Å². The highest BCUT2D eigenvalue weighted by molar-refractivity contribution is 6.35. The van der Waals surface area contributed by atoms with E-state index < -0.39 is 6.04 Å². The molecule has 0 spiro atoms. The van der Waals surface area contributed by atoms with Crippen LogP contribution in [0.15, 0.2) is 18.2 Å². The molecule has 0 aromatic heterocycles. The zero-order valence-electron chi connectivity index (χ0n) is 16.5. The van der Waals surface area contributed by atoms with Crippen LogP contribution in [0.4, 0.5) is 0 Å². The highest BCUT2D eigenvalue weighted by atomic mass is 35.5. The summed E-state index contributed by atoms with van der Waals surface area (Å²) in [4.78, 5) is 29.5. The Morgan fingerprint density at radius 3 is 2.52 bits per heavy atom. The van der Waals surface area contributed by atoms with Gasteiger partial charge in [0.2, 0.25) is 5.91 Å². The van der Waals surface area contributed by atoms with E-state index in [1.807, 2.05) is 0 Å². The van der Waals surface area contributed by atoms with E-state index in [0.717, 1.165) is 13.0 Å². The molecule has 1 aliphatic heterocycles. The molecule has 2 amide bonds. The lowest BCUT2D eigenvalue weighted by molar-refractivity contribution is -0.124.